The van der Waals surface area contributed by atoms with Crippen molar-refractivity contribution in [1.29, 1.82) is 0 Å². The molecule has 1 N–H and O–H groups in total. The molecule has 0 aliphatic carbocycles. The first-order chi connectivity index (χ1) is 9.83. The van der Waals surface area contributed by atoms with Crippen LogP contribution in [0.15, 0.2) is 35.8 Å². The first-order valence-corrected chi connectivity index (χ1v) is 8.01. The lowest BCUT2D eigenvalue weighted by molar-refractivity contribution is -0.0112. The van der Waals surface area contributed by atoms with Gasteiger partial charge in [-0.2, -0.15) is 0 Å². The highest BCUT2D eigenvalue weighted by molar-refractivity contribution is 7.09. The van der Waals surface area contributed by atoms with Gasteiger partial charge in [-0.1, -0.05) is 29.8 Å². The van der Waals surface area contributed by atoms with Crippen molar-refractivity contribution in [2.45, 2.75) is 38.5 Å². The fourth-order valence-corrected chi connectivity index (χ4v) is 3.20. The number of ether oxygens (including phenoxy) is 1. The molecule has 1 aliphatic heterocycles. The number of rotatable bonds is 4. The van der Waals surface area contributed by atoms with Crippen molar-refractivity contribution >= 4 is 11.3 Å². The van der Waals surface area contributed by atoms with Crippen molar-refractivity contribution < 1.29 is 4.74 Å². The minimum absolute atomic E-state index is 0.157. The Kier molecular flexibility index (Phi) is 4.45. The molecular weight excluding hydrogens is 268 g/mol. The Balaban J connectivity index is 1.68. The predicted octanol–water partition coefficient (Wildman–Crippen LogP) is 3.46. The second-order valence-corrected chi connectivity index (χ2v) is 6.24. The minimum Gasteiger partial charge on any atom is -0.372 e. The highest BCUT2D eigenvalue weighted by atomic mass is 32.1. The second kappa shape index (κ2) is 6.48. The van der Waals surface area contributed by atoms with E-state index in [9.17, 15) is 0 Å². The van der Waals surface area contributed by atoms with Crippen molar-refractivity contribution in [3.05, 3.63) is 52.0 Å². The maximum Gasteiger partial charge on any atom is 0.106 e. The minimum atomic E-state index is 0.157. The average molecular weight is 288 g/mol. The normalized spacial score (nSPS) is 22.9. The van der Waals surface area contributed by atoms with Crippen LogP contribution in [-0.4, -0.2) is 17.6 Å². The van der Waals surface area contributed by atoms with Crippen LogP contribution in [0.1, 0.15) is 35.1 Å². The van der Waals surface area contributed by atoms with Crippen LogP contribution in [-0.2, 0) is 11.3 Å². The Bertz CT molecular complexity index is 524. The maximum atomic E-state index is 6.01. The second-order valence-electron chi connectivity index (χ2n) is 5.26. The zero-order valence-corrected chi connectivity index (χ0v) is 12.5. The van der Waals surface area contributed by atoms with Crippen molar-refractivity contribution in [2.24, 2.45) is 0 Å². The summed E-state index contributed by atoms with van der Waals surface area (Å²) in [6, 6.07) is 9.05. The quantitative estimate of drug-likeness (QED) is 0.935. The molecule has 106 valence electrons. The van der Waals surface area contributed by atoms with Gasteiger partial charge in [0.2, 0.25) is 0 Å². The Morgan fingerprint density at radius 3 is 2.95 bits per heavy atom. The molecule has 2 aromatic rings. The number of nitrogens with zero attached hydrogens (tertiary/aromatic N) is 1. The summed E-state index contributed by atoms with van der Waals surface area (Å²) in [4.78, 5) is 4.33. The van der Waals surface area contributed by atoms with Gasteiger partial charge in [0.05, 0.1) is 6.10 Å². The molecule has 0 spiro atoms. The first-order valence-electron chi connectivity index (χ1n) is 7.13. The standard InChI is InChI=1S/C16H20N2OS/c1-12-4-6-13(7-5-12)16-14(3-2-9-19-16)18-11-15-17-8-10-20-15/h4-8,10,14,16,18H,2-3,9,11H2,1H3/t14-,16+/m1/s1. The Morgan fingerprint density at radius 2 is 2.20 bits per heavy atom. The smallest absolute Gasteiger partial charge is 0.106 e. The lowest BCUT2D eigenvalue weighted by atomic mass is 9.95. The Hall–Kier alpha value is -1.23. The summed E-state index contributed by atoms with van der Waals surface area (Å²) >= 11 is 1.70. The molecule has 0 unspecified atom stereocenters. The molecule has 0 amide bonds. The van der Waals surface area contributed by atoms with Crippen molar-refractivity contribution in [3.63, 3.8) is 0 Å². The van der Waals surface area contributed by atoms with Gasteiger partial charge < -0.3 is 10.1 Å². The molecule has 3 rings (SSSR count). The summed E-state index contributed by atoms with van der Waals surface area (Å²) < 4.78 is 6.01. The van der Waals surface area contributed by atoms with E-state index >= 15 is 0 Å². The Labute approximate surface area is 124 Å². The summed E-state index contributed by atoms with van der Waals surface area (Å²) in [5.41, 5.74) is 2.56. The largest absolute Gasteiger partial charge is 0.372 e. The third kappa shape index (κ3) is 3.26. The molecule has 0 bridgehead atoms. The fourth-order valence-electron chi connectivity index (χ4n) is 2.63. The van der Waals surface area contributed by atoms with Gasteiger partial charge in [-0.25, -0.2) is 4.98 Å². The molecule has 2 atom stereocenters. The van der Waals surface area contributed by atoms with E-state index < -0.39 is 0 Å². The van der Waals surface area contributed by atoms with Crippen LogP contribution in [0.5, 0.6) is 0 Å². The van der Waals surface area contributed by atoms with Crippen molar-refractivity contribution in [1.82, 2.24) is 10.3 Å². The number of hydrogen-bond acceptors (Lipinski definition) is 4. The highest BCUT2D eigenvalue weighted by Gasteiger charge is 2.27. The molecule has 1 aromatic heterocycles. The van der Waals surface area contributed by atoms with Crippen LogP contribution in [0.4, 0.5) is 0 Å². The molecule has 0 radical (unpaired) electrons. The van der Waals surface area contributed by atoms with Gasteiger partial charge >= 0.3 is 0 Å². The molecule has 2 heterocycles. The molecule has 20 heavy (non-hydrogen) atoms. The first kappa shape index (κ1) is 13.7. The van der Waals surface area contributed by atoms with Gasteiger partial charge in [-0.05, 0) is 25.3 Å². The van der Waals surface area contributed by atoms with E-state index in [0.717, 1.165) is 31.0 Å². The third-order valence-corrected chi connectivity index (χ3v) is 4.51. The van der Waals surface area contributed by atoms with Gasteiger partial charge in [-0.15, -0.1) is 11.3 Å². The number of aryl methyl sites for hydroxylation is 1. The topological polar surface area (TPSA) is 34.1 Å². The van der Waals surface area contributed by atoms with E-state index in [2.05, 4.69) is 41.5 Å². The van der Waals surface area contributed by atoms with E-state index in [1.54, 1.807) is 11.3 Å². The zero-order chi connectivity index (χ0) is 13.8. The van der Waals surface area contributed by atoms with Gasteiger partial charge in [0.25, 0.3) is 0 Å². The average Bonchev–Trinajstić information content (AvgIpc) is 3.00. The monoisotopic (exact) mass is 288 g/mol. The zero-order valence-electron chi connectivity index (χ0n) is 11.7. The number of benzene rings is 1. The van der Waals surface area contributed by atoms with Crippen LogP contribution >= 0.6 is 11.3 Å². The molecule has 1 aromatic carbocycles. The third-order valence-electron chi connectivity index (χ3n) is 3.73. The SMILES string of the molecule is Cc1ccc([C@@H]2OCCC[C@H]2NCc2nccs2)cc1. The van der Waals surface area contributed by atoms with Gasteiger partial charge in [0.1, 0.15) is 5.01 Å². The lowest BCUT2D eigenvalue weighted by Crippen LogP contribution is -2.39. The van der Waals surface area contributed by atoms with E-state index in [-0.39, 0.29) is 6.10 Å². The lowest BCUT2D eigenvalue weighted by Gasteiger charge is -2.32. The van der Waals surface area contributed by atoms with Crippen LogP contribution in [0, 0.1) is 6.92 Å². The maximum absolute atomic E-state index is 6.01. The number of nitrogens with one attached hydrogen (secondary N) is 1. The molecular formula is C16H20N2OS. The van der Waals surface area contributed by atoms with Crippen LogP contribution < -0.4 is 5.32 Å². The molecule has 1 aliphatic rings. The van der Waals surface area contributed by atoms with Crippen molar-refractivity contribution in [3.8, 4) is 0 Å². The predicted molar refractivity (Wildman–Crippen MR) is 81.8 cm³/mol. The number of aromatic nitrogens is 1. The molecule has 1 fully saturated rings. The molecule has 0 saturated carbocycles. The van der Waals surface area contributed by atoms with Crippen LogP contribution in [0.25, 0.3) is 0 Å². The van der Waals surface area contributed by atoms with E-state index in [1.165, 1.54) is 11.1 Å². The van der Waals surface area contributed by atoms with Gasteiger partial charge in [0, 0.05) is 30.8 Å². The summed E-state index contributed by atoms with van der Waals surface area (Å²) in [6.45, 7) is 3.80. The summed E-state index contributed by atoms with van der Waals surface area (Å²) in [7, 11) is 0. The van der Waals surface area contributed by atoms with Gasteiger partial charge in [-0.3, -0.25) is 0 Å². The molecule has 3 nitrogen and oxygen atoms in total. The van der Waals surface area contributed by atoms with Gasteiger partial charge in [0.15, 0.2) is 0 Å². The summed E-state index contributed by atoms with van der Waals surface area (Å²) in [5, 5.41) is 6.77. The van der Waals surface area contributed by atoms with E-state index in [1.807, 2.05) is 11.6 Å². The van der Waals surface area contributed by atoms with Crippen LogP contribution in [0.3, 0.4) is 0 Å². The fraction of sp³-hybridized carbons (Fsp3) is 0.438. The summed E-state index contributed by atoms with van der Waals surface area (Å²) in [6.07, 6.45) is 4.29. The van der Waals surface area contributed by atoms with Crippen LogP contribution in [0.2, 0.25) is 0 Å². The number of thiazole rings is 1. The Morgan fingerprint density at radius 1 is 1.35 bits per heavy atom. The summed E-state index contributed by atoms with van der Waals surface area (Å²) in [5.74, 6) is 0. The highest BCUT2D eigenvalue weighted by Crippen LogP contribution is 2.29. The molecule has 4 heteroatoms. The molecule has 1 saturated heterocycles. The number of hydrogen-bond donors (Lipinski definition) is 1. The van der Waals surface area contributed by atoms with E-state index in [0.29, 0.717) is 6.04 Å². The van der Waals surface area contributed by atoms with Crippen molar-refractivity contribution in [2.75, 3.05) is 6.61 Å². The van der Waals surface area contributed by atoms with E-state index in [4.69, 9.17) is 4.74 Å².